The molecule has 0 bridgehead atoms. The number of aliphatic carboxylic acids is 1. The number of methoxy groups -OCH3 is 1. The highest BCUT2D eigenvalue weighted by Gasteiger charge is 2.12. The molecule has 6 heteroatoms. The molecular formula is C24H22NO5-. The zero-order valence-corrected chi connectivity index (χ0v) is 16.8. The normalized spacial score (nSPS) is 10.9. The number of carboxylic acids is 1. The minimum Gasteiger partial charge on any atom is -0.546 e. The third-order valence-corrected chi connectivity index (χ3v) is 4.52. The second kappa shape index (κ2) is 9.60. The number of carbonyl (C=O) groups excluding carboxylic acids is 2. The fourth-order valence-electron chi connectivity index (χ4n) is 2.98. The second-order valence-corrected chi connectivity index (χ2v) is 6.71. The van der Waals surface area contributed by atoms with Crippen molar-refractivity contribution in [3.63, 3.8) is 0 Å². The lowest BCUT2D eigenvalue weighted by Crippen LogP contribution is -2.29. The van der Waals surface area contributed by atoms with Gasteiger partial charge in [-0.25, -0.2) is 0 Å². The van der Waals surface area contributed by atoms with Crippen LogP contribution in [0.3, 0.4) is 0 Å². The standard InChI is InChI=1S/C24H23NO5/c1-17-7-10-19(11-8-17)24(28)20-6-4-14-25(20)13-3-5-18-9-12-21(29-2)22(15-18)30-16-23(26)27/h3-12,14-15H,13,16H2,1-2H3,(H,26,27)/p-1/b5-3+. The maximum atomic E-state index is 12.8. The number of aromatic nitrogens is 1. The van der Waals surface area contributed by atoms with Gasteiger partial charge in [0, 0.05) is 18.3 Å². The molecule has 0 unspecified atom stereocenters. The molecule has 2 aromatic carbocycles. The van der Waals surface area contributed by atoms with Crippen molar-refractivity contribution < 1.29 is 24.2 Å². The lowest BCUT2D eigenvalue weighted by Gasteiger charge is -2.11. The topological polar surface area (TPSA) is 80.6 Å². The molecule has 0 aliphatic carbocycles. The maximum absolute atomic E-state index is 12.8. The molecule has 0 atom stereocenters. The number of allylic oxidation sites excluding steroid dienone is 1. The third-order valence-electron chi connectivity index (χ3n) is 4.52. The highest BCUT2D eigenvalue weighted by Crippen LogP contribution is 2.28. The third kappa shape index (κ3) is 5.17. The Bertz CT molecular complexity index is 1060. The fourth-order valence-corrected chi connectivity index (χ4v) is 2.98. The van der Waals surface area contributed by atoms with E-state index >= 15 is 0 Å². The van der Waals surface area contributed by atoms with E-state index in [0.717, 1.165) is 11.1 Å². The molecule has 0 saturated heterocycles. The van der Waals surface area contributed by atoms with Crippen molar-refractivity contribution in [2.24, 2.45) is 0 Å². The zero-order chi connectivity index (χ0) is 21.5. The van der Waals surface area contributed by atoms with E-state index in [1.807, 2.05) is 66.2 Å². The number of nitrogens with zero attached hydrogens (tertiary/aromatic N) is 1. The van der Waals surface area contributed by atoms with Crippen molar-refractivity contribution in [1.82, 2.24) is 4.57 Å². The number of aryl methyl sites for hydroxylation is 1. The molecule has 154 valence electrons. The summed E-state index contributed by atoms with van der Waals surface area (Å²) < 4.78 is 12.3. The molecule has 0 radical (unpaired) electrons. The van der Waals surface area contributed by atoms with Crippen LogP contribution >= 0.6 is 0 Å². The van der Waals surface area contributed by atoms with Crippen LogP contribution in [0.4, 0.5) is 0 Å². The van der Waals surface area contributed by atoms with E-state index in [0.29, 0.717) is 29.3 Å². The zero-order valence-electron chi connectivity index (χ0n) is 16.8. The number of ketones is 1. The van der Waals surface area contributed by atoms with Gasteiger partial charge >= 0.3 is 0 Å². The number of ether oxygens (including phenoxy) is 2. The quantitative estimate of drug-likeness (QED) is 0.512. The molecule has 0 aliphatic heterocycles. The summed E-state index contributed by atoms with van der Waals surface area (Å²) in [5.41, 5.74) is 3.17. The fraction of sp³-hybridized carbons (Fsp3) is 0.167. The van der Waals surface area contributed by atoms with Gasteiger partial charge in [0.15, 0.2) is 11.5 Å². The van der Waals surface area contributed by atoms with Gasteiger partial charge in [0.2, 0.25) is 5.78 Å². The Morgan fingerprint density at radius 1 is 1.07 bits per heavy atom. The molecule has 0 spiro atoms. The Morgan fingerprint density at radius 3 is 2.53 bits per heavy atom. The van der Waals surface area contributed by atoms with Crippen molar-refractivity contribution in [3.05, 3.63) is 89.3 Å². The summed E-state index contributed by atoms with van der Waals surface area (Å²) in [4.78, 5) is 23.4. The van der Waals surface area contributed by atoms with Gasteiger partial charge in [0.25, 0.3) is 0 Å². The molecule has 30 heavy (non-hydrogen) atoms. The second-order valence-electron chi connectivity index (χ2n) is 6.71. The van der Waals surface area contributed by atoms with Gasteiger partial charge < -0.3 is 23.9 Å². The molecule has 0 saturated carbocycles. The summed E-state index contributed by atoms with van der Waals surface area (Å²) in [7, 11) is 1.48. The van der Waals surface area contributed by atoms with Crippen LogP contribution < -0.4 is 14.6 Å². The number of benzene rings is 2. The van der Waals surface area contributed by atoms with Gasteiger partial charge in [-0.3, -0.25) is 4.79 Å². The molecule has 1 aromatic heterocycles. The summed E-state index contributed by atoms with van der Waals surface area (Å²) in [6.07, 6.45) is 5.63. The van der Waals surface area contributed by atoms with Crippen LogP contribution in [0.15, 0.2) is 66.9 Å². The smallest absolute Gasteiger partial charge is 0.209 e. The number of rotatable bonds is 9. The van der Waals surface area contributed by atoms with Crippen LogP contribution in [-0.4, -0.2) is 30.0 Å². The molecule has 0 fully saturated rings. The van der Waals surface area contributed by atoms with Gasteiger partial charge in [0.1, 0.15) is 6.61 Å². The van der Waals surface area contributed by atoms with E-state index in [9.17, 15) is 14.7 Å². The predicted molar refractivity (Wildman–Crippen MR) is 112 cm³/mol. The Labute approximate surface area is 175 Å². The summed E-state index contributed by atoms with van der Waals surface area (Å²) in [6.45, 7) is 1.93. The largest absolute Gasteiger partial charge is 0.546 e. The van der Waals surface area contributed by atoms with E-state index in [-0.39, 0.29) is 5.78 Å². The average Bonchev–Trinajstić information content (AvgIpc) is 3.21. The number of carboxylic acid groups (broad SMARTS) is 1. The van der Waals surface area contributed by atoms with Crippen LogP contribution in [0.1, 0.15) is 27.2 Å². The predicted octanol–water partition coefficient (Wildman–Crippen LogP) is 2.88. The van der Waals surface area contributed by atoms with Gasteiger partial charge in [0.05, 0.1) is 18.8 Å². The molecule has 6 nitrogen and oxygen atoms in total. The number of hydrogen-bond donors (Lipinski definition) is 0. The number of carbonyl (C=O) groups is 2. The van der Waals surface area contributed by atoms with Gasteiger partial charge in [-0.2, -0.15) is 0 Å². The van der Waals surface area contributed by atoms with Crippen LogP contribution in [0.2, 0.25) is 0 Å². The minimum absolute atomic E-state index is 0.0317. The summed E-state index contributed by atoms with van der Waals surface area (Å²) in [5, 5.41) is 10.6. The van der Waals surface area contributed by atoms with Crippen molar-refractivity contribution in [2.45, 2.75) is 13.5 Å². The van der Waals surface area contributed by atoms with Gasteiger partial charge in [-0.1, -0.05) is 48.0 Å². The first-order valence-electron chi connectivity index (χ1n) is 9.41. The Balaban J connectivity index is 1.72. The Morgan fingerprint density at radius 2 is 1.83 bits per heavy atom. The summed E-state index contributed by atoms with van der Waals surface area (Å²) in [6, 6.07) is 16.4. The minimum atomic E-state index is -1.31. The lowest BCUT2D eigenvalue weighted by molar-refractivity contribution is -0.307. The molecular weight excluding hydrogens is 382 g/mol. The molecule has 3 aromatic rings. The first-order chi connectivity index (χ1) is 14.5. The van der Waals surface area contributed by atoms with Crippen molar-refractivity contribution in [1.29, 1.82) is 0 Å². The van der Waals surface area contributed by atoms with Crippen LogP contribution in [0.5, 0.6) is 11.5 Å². The Kier molecular flexibility index (Phi) is 6.70. The van der Waals surface area contributed by atoms with E-state index in [1.165, 1.54) is 7.11 Å². The molecule has 0 amide bonds. The van der Waals surface area contributed by atoms with E-state index < -0.39 is 12.6 Å². The lowest BCUT2D eigenvalue weighted by atomic mass is 10.1. The maximum Gasteiger partial charge on any atom is 0.209 e. The van der Waals surface area contributed by atoms with Crippen molar-refractivity contribution in [2.75, 3.05) is 13.7 Å². The van der Waals surface area contributed by atoms with Gasteiger partial charge in [-0.15, -0.1) is 0 Å². The highest BCUT2D eigenvalue weighted by atomic mass is 16.5. The Hall–Kier alpha value is -3.80. The monoisotopic (exact) mass is 404 g/mol. The molecule has 3 rings (SSSR count). The van der Waals surface area contributed by atoms with Crippen LogP contribution in [-0.2, 0) is 11.3 Å². The number of hydrogen-bond acceptors (Lipinski definition) is 5. The average molecular weight is 404 g/mol. The van der Waals surface area contributed by atoms with Crippen LogP contribution in [0, 0.1) is 6.92 Å². The van der Waals surface area contributed by atoms with E-state index in [4.69, 9.17) is 9.47 Å². The van der Waals surface area contributed by atoms with Crippen LogP contribution in [0.25, 0.3) is 6.08 Å². The van der Waals surface area contributed by atoms with Gasteiger partial charge in [-0.05, 0) is 36.8 Å². The summed E-state index contributed by atoms with van der Waals surface area (Å²) in [5.74, 6) is -0.586. The molecule has 0 N–H and O–H groups in total. The first kappa shape index (κ1) is 20.9. The van der Waals surface area contributed by atoms with Crippen molar-refractivity contribution >= 4 is 17.8 Å². The highest BCUT2D eigenvalue weighted by molar-refractivity contribution is 6.08. The van der Waals surface area contributed by atoms with E-state index in [2.05, 4.69) is 0 Å². The molecule has 0 aliphatic rings. The van der Waals surface area contributed by atoms with E-state index in [1.54, 1.807) is 18.2 Å². The SMILES string of the molecule is COc1ccc(/C=C/Cn2cccc2C(=O)c2ccc(C)cc2)cc1OCC(=O)[O-]. The van der Waals surface area contributed by atoms with Crippen molar-refractivity contribution in [3.8, 4) is 11.5 Å². The molecule has 1 heterocycles. The first-order valence-corrected chi connectivity index (χ1v) is 9.41. The summed E-state index contributed by atoms with van der Waals surface area (Å²) >= 11 is 0.